The van der Waals surface area contributed by atoms with Crippen molar-refractivity contribution in [2.45, 2.75) is 33.6 Å². The fraction of sp³-hybridized carbons (Fsp3) is 0.350. The number of amides is 1. The number of halogens is 2. The predicted molar refractivity (Wildman–Crippen MR) is 93.0 cm³/mol. The van der Waals surface area contributed by atoms with Gasteiger partial charge in [-0.25, -0.2) is 8.78 Å². The Hall–Kier alpha value is -2.23. The molecule has 0 unspecified atom stereocenters. The largest absolute Gasteiger partial charge is 0.339 e. The number of aryl methyl sites for hydroxylation is 1. The zero-order valence-corrected chi connectivity index (χ0v) is 14.4. The van der Waals surface area contributed by atoms with Crippen molar-refractivity contribution in [1.82, 2.24) is 4.90 Å². The third-order valence-corrected chi connectivity index (χ3v) is 4.15. The van der Waals surface area contributed by atoms with Crippen molar-refractivity contribution in [2.24, 2.45) is 0 Å². The standard InChI is InChI=1S/C20H23F2NO/c1-4-8-14-11-12-16(20(24)23(5-2)6-3)17(13-14)15-9-7-10-18(21)19(15)22/h7,9-13H,4-6,8H2,1-3H3. The lowest BCUT2D eigenvalue weighted by Crippen LogP contribution is -2.30. The van der Waals surface area contributed by atoms with Gasteiger partial charge in [-0.3, -0.25) is 4.79 Å². The number of carbonyl (C=O) groups excluding carboxylic acids is 1. The lowest BCUT2D eigenvalue weighted by molar-refractivity contribution is 0.0773. The molecule has 0 aliphatic carbocycles. The first-order chi connectivity index (χ1) is 11.5. The maximum absolute atomic E-state index is 14.3. The smallest absolute Gasteiger partial charge is 0.254 e. The highest BCUT2D eigenvalue weighted by Gasteiger charge is 2.20. The lowest BCUT2D eigenvalue weighted by Gasteiger charge is -2.21. The molecular formula is C20H23F2NO. The third kappa shape index (κ3) is 3.64. The van der Waals surface area contributed by atoms with E-state index in [2.05, 4.69) is 6.92 Å². The second-order valence-electron chi connectivity index (χ2n) is 5.71. The van der Waals surface area contributed by atoms with E-state index in [4.69, 9.17) is 0 Å². The number of benzene rings is 2. The predicted octanol–water partition coefficient (Wildman–Crippen LogP) is 5.07. The van der Waals surface area contributed by atoms with Crippen molar-refractivity contribution in [3.05, 3.63) is 59.2 Å². The highest BCUT2D eigenvalue weighted by atomic mass is 19.2. The number of hydrogen-bond acceptors (Lipinski definition) is 1. The second-order valence-corrected chi connectivity index (χ2v) is 5.71. The molecular weight excluding hydrogens is 308 g/mol. The zero-order valence-electron chi connectivity index (χ0n) is 14.4. The van der Waals surface area contributed by atoms with Crippen molar-refractivity contribution in [3.63, 3.8) is 0 Å². The maximum Gasteiger partial charge on any atom is 0.254 e. The first-order valence-electron chi connectivity index (χ1n) is 8.40. The Kier molecular flexibility index (Phi) is 6.07. The van der Waals surface area contributed by atoms with Crippen molar-refractivity contribution in [1.29, 1.82) is 0 Å². The van der Waals surface area contributed by atoms with E-state index in [1.54, 1.807) is 17.0 Å². The van der Waals surface area contributed by atoms with Crippen LogP contribution in [0.25, 0.3) is 11.1 Å². The van der Waals surface area contributed by atoms with E-state index in [1.807, 2.05) is 19.9 Å². The van der Waals surface area contributed by atoms with Crippen LogP contribution in [-0.2, 0) is 6.42 Å². The van der Waals surface area contributed by atoms with Crippen LogP contribution < -0.4 is 0 Å². The highest BCUT2D eigenvalue weighted by molar-refractivity contribution is 6.01. The third-order valence-electron chi connectivity index (χ3n) is 4.15. The summed E-state index contributed by atoms with van der Waals surface area (Å²) < 4.78 is 28.0. The van der Waals surface area contributed by atoms with Gasteiger partial charge in [-0.05, 0) is 43.5 Å². The number of rotatable bonds is 6. The molecule has 24 heavy (non-hydrogen) atoms. The van der Waals surface area contributed by atoms with Gasteiger partial charge >= 0.3 is 0 Å². The highest BCUT2D eigenvalue weighted by Crippen LogP contribution is 2.30. The normalized spacial score (nSPS) is 10.7. The molecule has 2 aromatic carbocycles. The minimum absolute atomic E-state index is 0.128. The average Bonchev–Trinajstić information content (AvgIpc) is 2.58. The van der Waals surface area contributed by atoms with Gasteiger partial charge in [-0.2, -0.15) is 0 Å². The molecule has 0 bridgehead atoms. The monoisotopic (exact) mass is 331 g/mol. The van der Waals surface area contributed by atoms with E-state index in [9.17, 15) is 13.6 Å². The van der Waals surface area contributed by atoms with Crippen LogP contribution in [0.4, 0.5) is 8.78 Å². The summed E-state index contributed by atoms with van der Waals surface area (Å²) in [6.07, 6.45) is 1.76. The fourth-order valence-corrected chi connectivity index (χ4v) is 2.84. The molecule has 2 rings (SSSR count). The summed E-state index contributed by atoms with van der Waals surface area (Å²) in [4.78, 5) is 14.5. The number of carbonyl (C=O) groups is 1. The molecule has 0 saturated carbocycles. The Balaban J connectivity index is 2.63. The zero-order chi connectivity index (χ0) is 17.7. The summed E-state index contributed by atoms with van der Waals surface area (Å²) in [5, 5.41) is 0. The topological polar surface area (TPSA) is 20.3 Å². The molecule has 2 nitrogen and oxygen atoms in total. The lowest BCUT2D eigenvalue weighted by atomic mass is 9.94. The minimum atomic E-state index is -0.917. The molecule has 0 spiro atoms. The van der Waals surface area contributed by atoms with Gasteiger partial charge in [0.1, 0.15) is 0 Å². The van der Waals surface area contributed by atoms with E-state index >= 15 is 0 Å². The Bertz CT molecular complexity index is 724. The summed E-state index contributed by atoms with van der Waals surface area (Å²) in [6.45, 7) is 6.98. The van der Waals surface area contributed by atoms with E-state index in [1.165, 1.54) is 12.1 Å². The molecule has 128 valence electrons. The van der Waals surface area contributed by atoms with Gasteiger partial charge in [0.05, 0.1) is 0 Å². The Labute approximate surface area is 142 Å². The van der Waals surface area contributed by atoms with E-state index in [-0.39, 0.29) is 11.5 Å². The minimum Gasteiger partial charge on any atom is -0.339 e. The first-order valence-corrected chi connectivity index (χ1v) is 8.40. The molecule has 0 atom stereocenters. The molecule has 0 saturated heterocycles. The molecule has 2 aromatic rings. The van der Waals surface area contributed by atoms with Crippen LogP contribution in [0.2, 0.25) is 0 Å². The van der Waals surface area contributed by atoms with E-state index in [0.717, 1.165) is 24.5 Å². The SMILES string of the molecule is CCCc1ccc(C(=O)N(CC)CC)c(-c2cccc(F)c2F)c1. The van der Waals surface area contributed by atoms with Crippen LogP contribution in [0.3, 0.4) is 0 Å². The molecule has 0 aliphatic heterocycles. The quantitative estimate of drug-likeness (QED) is 0.724. The van der Waals surface area contributed by atoms with Gasteiger partial charge < -0.3 is 4.90 Å². The summed E-state index contributed by atoms with van der Waals surface area (Å²) in [6, 6.07) is 9.49. The number of hydrogen-bond donors (Lipinski definition) is 0. The van der Waals surface area contributed by atoms with Crippen LogP contribution in [0.1, 0.15) is 43.1 Å². The van der Waals surface area contributed by atoms with Gasteiger partial charge in [0.2, 0.25) is 0 Å². The Morgan fingerprint density at radius 3 is 2.33 bits per heavy atom. The molecule has 0 radical (unpaired) electrons. The second kappa shape index (κ2) is 8.04. The van der Waals surface area contributed by atoms with Gasteiger partial charge in [-0.15, -0.1) is 0 Å². The molecule has 0 fully saturated rings. The van der Waals surface area contributed by atoms with Crippen LogP contribution in [0.5, 0.6) is 0 Å². The molecule has 0 aromatic heterocycles. The van der Waals surface area contributed by atoms with Crippen molar-refractivity contribution >= 4 is 5.91 Å². The van der Waals surface area contributed by atoms with Crippen LogP contribution in [-0.4, -0.2) is 23.9 Å². The summed E-state index contributed by atoms with van der Waals surface area (Å²) in [5.74, 6) is -1.99. The first kappa shape index (κ1) is 18.1. The van der Waals surface area contributed by atoms with Crippen molar-refractivity contribution in [3.8, 4) is 11.1 Å². The van der Waals surface area contributed by atoms with Crippen molar-refractivity contribution in [2.75, 3.05) is 13.1 Å². The molecule has 0 N–H and O–H groups in total. The van der Waals surface area contributed by atoms with Crippen LogP contribution in [0.15, 0.2) is 36.4 Å². The van der Waals surface area contributed by atoms with Gasteiger partial charge in [-0.1, -0.05) is 37.6 Å². The van der Waals surface area contributed by atoms with Gasteiger partial charge in [0.15, 0.2) is 11.6 Å². The maximum atomic E-state index is 14.3. The van der Waals surface area contributed by atoms with E-state index in [0.29, 0.717) is 24.2 Å². The Morgan fingerprint density at radius 1 is 1.00 bits per heavy atom. The summed E-state index contributed by atoms with van der Waals surface area (Å²) >= 11 is 0. The van der Waals surface area contributed by atoms with Crippen LogP contribution >= 0.6 is 0 Å². The molecule has 0 aliphatic rings. The Morgan fingerprint density at radius 2 is 1.71 bits per heavy atom. The number of nitrogens with zero attached hydrogens (tertiary/aromatic N) is 1. The van der Waals surface area contributed by atoms with Gasteiger partial charge in [0, 0.05) is 24.2 Å². The average molecular weight is 331 g/mol. The van der Waals surface area contributed by atoms with Crippen molar-refractivity contribution < 1.29 is 13.6 Å². The summed E-state index contributed by atoms with van der Waals surface area (Å²) in [7, 11) is 0. The fourth-order valence-electron chi connectivity index (χ4n) is 2.84. The molecule has 0 heterocycles. The van der Waals surface area contributed by atoms with Crippen LogP contribution in [0, 0.1) is 11.6 Å². The molecule has 4 heteroatoms. The molecule has 1 amide bonds. The van der Waals surface area contributed by atoms with Gasteiger partial charge in [0.25, 0.3) is 5.91 Å². The summed E-state index contributed by atoms with van der Waals surface area (Å²) in [5.41, 5.74) is 1.99. The van der Waals surface area contributed by atoms with E-state index < -0.39 is 11.6 Å².